The van der Waals surface area contributed by atoms with E-state index in [-0.39, 0.29) is 0 Å². The van der Waals surface area contributed by atoms with E-state index in [1.54, 1.807) is 19.1 Å². The summed E-state index contributed by atoms with van der Waals surface area (Å²) >= 11 is 3.19. The van der Waals surface area contributed by atoms with Crippen LogP contribution in [0.5, 0.6) is 0 Å². The number of carbonyl (C=O) groups excluding carboxylic acids is 1. The average molecular weight is 281 g/mol. The highest BCUT2D eigenvalue weighted by molar-refractivity contribution is 9.10. The van der Waals surface area contributed by atoms with Gasteiger partial charge in [-0.25, -0.2) is 0 Å². The molecule has 0 amide bonds. The fourth-order valence-electron chi connectivity index (χ4n) is 1.13. The minimum absolute atomic E-state index is 0.403. The third-order valence-electron chi connectivity index (χ3n) is 1.97. The number of hydrogen-bond acceptors (Lipinski definition) is 1. The van der Waals surface area contributed by atoms with E-state index in [1.165, 1.54) is 6.07 Å². The summed E-state index contributed by atoms with van der Waals surface area (Å²) in [6.45, 7) is 1.67. The van der Waals surface area contributed by atoms with Crippen LogP contribution in [0.2, 0.25) is 0 Å². The summed E-state index contributed by atoms with van der Waals surface area (Å²) in [5.41, 5.74) is 1.07. The molecule has 1 rings (SSSR count). The maximum Gasteiger partial charge on any atom is 0.450 e. The zero-order chi connectivity index (χ0) is 11.6. The van der Waals surface area contributed by atoms with Crippen molar-refractivity contribution in [2.24, 2.45) is 0 Å². The van der Waals surface area contributed by atoms with Gasteiger partial charge in [0.1, 0.15) is 0 Å². The lowest BCUT2D eigenvalue weighted by molar-refractivity contribution is -0.170. The maximum atomic E-state index is 12.0. The molecule has 0 saturated heterocycles. The first-order chi connectivity index (χ1) is 6.80. The normalized spacial score (nSPS) is 11.5. The number of alkyl halides is 3. The quantitative estimate of drug-likeness (QED) is 0.811. The van der Waals surface area contributed by atoms with Gasteiger partial charge in [-0.15, -0.1) is 0 Å². The van der Waals surface area contributed by atoms with Crippen LogP contribution in [0.15, 0.2) is 22.7 Å². The van der Waals surface area contributed by atoms with E-state index in [4.69, 9.17) is 0 Å². The molecule has 0 heterocycles. The van der Waals surface area contributed by atoms with E-state index in [2.05, 4.69) is 15.9 Å². The number of carbonyl (C=O) groups is 1. The zero-order valence-corrected chi connectivity index (χ0v) is 9.45. The van der Waals surface area contributed by atoms with Crippen LogP contribution in [0.3, 0.4) is 0 Å². The lowest BCUT2D eigenvalue weighted by Crippen LogP contribution is -2.24. The van der Waals surface area contributed by atoms with Crippen LogP contribution in [0.25, 0.3) is 0 Å². The van der Waals surface area contributed by atoms with Gasteiger partial charge in [0.2, 0.25) is 5.78 Å². The molecular weight excluding hydrogens is 273 g/mol. The standard InChI is InChI=1S/C10H8BrF3O/c1-6-4-8(11)3-2-7(6)5-9(15)10(12,13)14/h2-4H,5H2,1H3. The Morgan fingerprint density at radius 1 is 1.40 bits per heavy atom. The second kappa shape index (κ2) is 4.35. The Labute approximate surface area is 93.4 Å². The van der Waals surface area contributed by atoms with Gasteiger partial charge >= 0.3 is 6.18 Å². The number of ketones is 1. The van der Waals surface area contributed by atoms with Crippen LogP contribution in [0.4, 0.5) is 13.2 Å². The predicted molar refractivity (Wildman–Crippen MR) is 53.6 cm³/mol. The molecule has 0 radical (unpaired) electrons. The fourth-order valence-corrected chi connectivity index (χ4v) is 1.61. The Morgan fingerprint density at radius 3 is 2.47 bits per heavy atom. The van der Waals surface area contributed by atoms with Gasteiger partial charge in [0.25, 0.3) is 0 Å². The number of aryl methyl sites for hydroxylation is 1. The van der Waals surface area contributed by atoms with Gasteiger partial charge < -0.3 is 0 Å². The highest BCUT2D eigenvalue weighted by atomic mass is 79.9. The van der Waals surface area contributed by atoms with E-state index < -0.39 is 18.4 Å². The third-order valence-corrected chi connectivity index (χ3v) is 2.47. The zero-order valence-electron chi connectivity index (χ0n) is 7.86. The SMILES string of the molecule is Cc1cc(Br)ccc1CC(=O)C(F)(F)F. The molecule has 0 unspecified atom stereocenters. The van der Waals surface area contributed by atoms with Crippen molar-refractivity contribution in [1.82, 2.24) is 0 Å². The Balaban J connectivity index is 2.87. The predicted octanol–water partition coefficient (Wildman–Crippen LogP) is 3.43. The number of benzene rings is 1. The molecule has 0 N–H and O–H groups in total. The lowest BCUT2D eigenvalue weighted by atomic mass is 10.0. The third kappa shape index (κ3) is 3.34. The number of hydrogen-bond donors (Lipinski definition) is 0. The van der Waals surface area contributed by atoms with Gasteiger partial charge in [0, 0.05) is 10.9 Å². The molecule has 5 heteroatoms. The van der Waals surface area contributed by atoms with Crippen LogP contribution in [0, 0.1) is 6.92 Å². The van der Waals surface area contributed by atoms with Crippen LogP contribution in [0.1, 0.15) is 11.1 Å². The Morgan fingerprint density at radius 2 is 2.00 bits per heavy atom. The second-order valence-corrected chi connectivity index (χ2v) is 4.08. The van der Waals surface area contributed by atoms with Crippen molar-refractivity contribution in [3.8, 4) is 0 Å². The second-order valence-electron chi connectivity index (χ2n) is 3.17. The number of rotatable bonds is 2. The highest BCUT2D eigenvalue weighted by Gasteiger charge is 2.37. The summed E-state index contributed by atoms with van der Waals surface area (Å²) in [5.74, 6) is -1.71. The van der Waals surface area contributed by atoms with Gasteiger partial charge in [-0.1, -0.05) is 22.0 Å². The van der Waals surface area contributed by atoms with E-state index in [1.807, 2.05) is 0 Å². The largest absolute Gasteiger partial charge is 0.450 e. The topological polar surface area (TPSA) is 17.1 Å². The summed E-state index contributed by atoms with van der Waals surface area (Å²) in [7, 11) is 0. The van der Waals surface area contributed by atoms with Crippen molar-refractivity contribution in [2.75, 3.05) is 0 Å². The van der Waals surface area contributed by atoms with Crippen molar-refractivity contribution in [1.29, 1.82) is 0 Å². The van der Waals surface area contributed by atoms with Gasteiger partial charge in [-0.3, -0.25) is 4.79 Å². The van der Waals surface area contributed by atoms with Crippen molar-refractivity contribution >= 4 is 21.7 Å². The Kier molecular flexibility index (Phi) is 3.54. The Hall–Kier alpha value is -0.840. The summed E-state index contributed by atoms with van der Waals surface area (Å²) in [5, 5.41) is 0. The minimum atomic E-state index is -4.75. The summed E-state index contributed by atoms with van der Waals surface area (Å²) < 4.78 is 36.7. The van der Waals surface area contributed by atoms with Crippen molar-refractivity contribution in [3.63, 3.8) is 0 Å². The molecule has 0 bridgehead atoms. The van der Waals surface area contributed by atoms with Crippen molar-refractivity contribution in [3.05, 3.63) is 33.8 Å². The fraction of sp³-hybridized carbons (Fsp3) is 0.300. The molecule has 0 fully saturated rings. The highest BCUT2D eigenvalue weighted by Crippen LogP contribution is 2.21. The monoisotopic (exact) mass is 280 g/mol. The molecule has 1 aromatic carbocycles. The van der Waals surface area contributed by atoms with Crippen LogP contribution >= 0.6 is 15.9 Å². The smallest absolute Gasteiger partial charge is 0.289 e. The molecule has 0 aromatic heterocycles. The molecule has 15 heavy (non-hydrogen) atoms. The van der Waals surface area contributed by atoms with Gasteiger partial charge in [0.05, 0.1) is 0 Å². The molecule has 82 valence electrons. The Bertz CT molecular complexity index is 385. The molecule has 0 aliphatic rings. The van der Waals surface area contributed by atoms with Gasteiger partial charge in [0.15, 0.2) is 0 Å². The minimum Gasteiger partial charge on any atom is -0.289 e. The molecular formula is C10H8BrF3O. The van der Waals surface area contributed by atoms with Crippen LogP contribution < -0.4 is 0 Å². The van der Waals surface area contributed by atoms with Crippen molar-refractivity contribution in [2.45, 2.75) is 19.5 Å². The van der Waals surface area contributed by atoms with Crippen LogP contribution in [-0.2, 0) is 11.2 Å². The average Bonchev–Trinajstić information content (AvgIpc) is 2.08. The first-order valence-corrected chi connectivity index (χ1v) is 4.95. The molecule has 1 nitrogen and oxygen atoms in total. The summed E-state index contributed by atoms with van der Waals surface area (Å²) in [6, 6.07) is 4.81. The molecule has 0 aliphatic heterocycles. The lowest BCUT2D eigenvalue weighted by Gasteiger charge is -2.07. The number of halogens is 4. The van der Waals surface area contributed by atoms with Crippen LogP contribution in [-0.4, -0.2) is 12.0 Å². The van der Waals surface area contributed by atoms with Gasteiger partial charge in [-0.2, -0.15) is 13.2 Å². The molecule has 0 aliphatic carbocycles. The van der Waals surface area contributed by atoms with Gasteiger partial charge in [-0.05, 0) is 30.2 Å². The maximum absolute atomic E-state index is 12.0. The first-order valence-electron chi connectivity index (χ1n) is 4.16. The molecule has 0 atom stereocenters. The molecule has 1 aromatic rings. The van der Waals surface area contributed by atoms with E-state index in [0.29, 0.717) is 11.1 Å². The van der Waals surface area contributed by atoms with E-state index >= 15 is 0 Å². The molecule has 0 saturated carbocycles. The first kappa shape index (κ1) is 12.2. The molecule has 0 spiro atoms. The van der Waals surface area contributed by atoms with Crippen molar-refractivity contribution < 1.29 is 18.0 Å². The number of Topliss-reactive ketones (excluding diaryl/α,β-unsaturated/α-hetero) is 1. The van der Waals surface area contributed by atoms with E-state index in [9.17, 15) is 18.0 Å². The summed E-state index contributed by atoms with van der Waals surface area (Å²) in [6.07, 6.45) is -5.35. The van der Waals surface area contributed by atoms with E-state index in [0.717, 1.165) is 4.47 Å². The summed E-state index contributed by atoms with van der Waals surface area (Å²) in [4.78, 5) is 10.7.